The van der Waals surface area contributed by atoms with Crippen LogP contribution in [0.25, 0.3) is 0 Å². The first-order valence-electron chi connectivity index (χ1n) is 6.40. The fourth-order valence-corrected chi connectivity index (χ4v) is 1.71. The predicted octanol–water partition coefficient (Wildman–Crippen LogP) is 3.20. The molecule has 1 rings (SSSR count). The van der Waals surface area contributed by atoms with E-state index in [0.717, 1.165) is 17.7 Å². The van der Waals surface area contributed by atoms with Crippen LogP contribution in [0.5, 0.6) is 0 Å². The summed E-state index contributed by atoms with van der Waals surface area (Å²) in [5.41, 5.74) is 2.92. The molecule has 3 nitrogen and oxygen atoms in total. The summed E-state index contributed by atoms with van der Waals surface area (Å²) >= 11 is 0. The molecule has 0 spiro atoms. The van der Waals surface area contributed by atoms with Crippen molar-refractivity contribution in [3.8, 4) is 0 Å². The summed E-state index contributed by atoms with van der Waals surface area (Å²) in [6.45, 7) is 9.21. The summed E-state index contributed by atoms with van der Waals surface area (Å²) in [5.74, 6) is -0.00713. The molecule has 0 aliphatic rings. The van der Waals surface area contributed by atoms with E-state index in [1.807, 2.05) is 32.2 Å². The molecule has 0 heterocycles. The zero-order valence-corrected chi connectivity index (χ0v) is 12.1. The van der Waals surface area contributed by atoms with Crippen molar-refractivity contribution in [2.24, 2.45) is 5.41 Å². The van der Waals surface area contributed by atoms with Crippen molar-refractivity contribution in [3.05, 3.63) is 29.3 Å². The first-order valence-corrected chi connectivity index (χ1v) is 6.40. The lowest BCUT2D eigenvalue weighted by molar-refractivity contribution is 0.0950. The van der Waals surface area contributed by atoms with Crippen LogP contribution in [0.2, 0.25) is 0 Å². The van der Waals surface area contributed by atoms with Gasteiger partial charge in [0.2, 0.25) is 0 Å². The van der Waals surface area contributed by atoms with Gasteiger partial charge < -0.3 is 10.6 Å². The molecule has 0 aliphatic carbocycles. The number of nitrogens with one attached hydrogen (secondary N) is 2. The molecule has 0 aliphatic heterocycles. The molecule has 1 amide bonds. The van der Waals surface area contributed by atoms with Crippen LogP contribution in [-0.2, 0) is 0 Å². The van der Waals surface area contributed by atoms with Crippen LogP contribution in [-0.4, -0.2) is 19.5 Å². The number of aryl methyl sites for hydroxylation is 1. The van der Waals surface area contributed by atoms with Crippen molar-refractivity contribution in [2.75, 3.05) is 18.9 Å². The third-order valence-electron chi connectivity index (χ3n) is 2.85. The molecule has 1 aromatic rings. The maximum atomic E-state index is 12.1. The Balaban J connectivity index is 2.69. The standard InChI is InChI=1S/C15H24N2O/c1-11-6-7-13(16-5)12(10-11)14(18)17-9-8-15(2,3)4/h6-7,10,16H,8-9H2,1-5H3,(H,17,18). The van der Waals surface area contributed by atoms with Crippen molar-refractivity contribution < 1.29 is 4.79 Å². The third-order valence-corrected chi connectivity index (χ3v) is 2.85. The number of amides is 1. The predicted molar refractivity (Wildman–Crippen MR) is 77.1 cm³/mol. The molecule has 3 heteroatoms. The first kappa shape index (κ1) is 14.6. The van der Waals surface area contributed by atoms with Crippen LogP contribution in [0.3, 0.4) is 0 Å². The number of anilines is 1. The van der Waals surface area contributed by atoms with E-state index in [1.54, 1.807) is 0 Å². The molecule has 0 radical (unpaired) electrons. The molecule has 0 unspecified atom stereocenters. The lowest BCUT2D eigenvalue weighted by atomic mass is 9.92. The number of hydrogen-bond donors (Lipinski definition) is 2. The fourth-order valence-electron chi connectivity index (χ4n) is 1.71. The van der Waals surface area contributed by atoms with Crippen LogP contribution in [0.4, 0.5) is 5.69 Å². The Morgan fingerprint density at radius 2 is 1.94 bits per heavy atom. The summed E-state index contributed by atoms with van der Waals surface area (Å²) in [4.78, 5) is 12.1. The van der Waals surface area contributed by atoms with E-state index in [-0.39, 0.29) is 11.3 Å². The van der Waals surface area contributed by atoms with Gasteiger partial charge in [0.15, 0.2) is 0 Å². The maximum absolute atomic E-state index is 12.1. The summed E-state index contributed by atoms with van der Waals surface area (Å²) < 4.78 is 0. The van der Waals surface area contributed by atoms with Gasteiger partial charge in [-0.15, -0.1) is 0 Å². The molecular formula is C15H24N2O. The Labute approximate surface area is 110 Å². The molecule has 0 saturated carbocycles. The minimum Gasteiger partial charge on any atom is -0.387 e. The average Bonchev–Trinajstić information content (AvgIpc) is 2.27. The molecule has 0 bridgehead atoms. The topological polar surface area (TPSA) is 41.1 Å². The van der Waals surface area contributed by atoms with E-state index >= 15 is 0 Å². The zero-order chi connectivity index (χ0) is 13.8. The van der Waals surface area contributed by atoms with Crippen LogP contribution in [0.1, 0.15) is 43.1 Å². The average molecular weight is 248 g/mol. The van der Waals surface area contributed by atoms with Crippen LogP contribution in [0.15, 0.2) is 18.2 Å². The largest absolute Gasteiger partial charge is 0.387 e. The third kappa shape index (κ3) is 4.40. The lowest BCUT2D eigenvalue weighted by Crippen LogP contribution is -2.27. The summed E-state index contributed by atoms with van der Waals surface area (Å²) in [6.07, 6.45) is 0.972. The molecule has 0 atom stereocenters. The number of carbonyl (C=O) groups is 1. The number of carbonyl (C=O) groups excluding carboxylic acids is 1. The second-order valence-electron chi connectivity index (χ2n) is 5.87. The Bertz CT molecular complexity index is 419. The van der Waals surface area contributed by atoms with Crippen LogP contribution < -0.4 is 10.6 Å². The van der Waals surface area contributed by atoms with E-state index in [1.165, 1.54) is 0 Å². The second kappa shape index (κ2) is 5.89. The molecule has 100 valence electrons. The minimum absolute atomic E-state index is 0.00713. The first-order chi connectivity index (χ1) is 8.33. The van der Waals surface area contributed by atoms with Gasteiger partial charge in [0, 0.05) is 19.3 Å². The summed E-state index contributed by atoms with van der Waals surface area (Å²) in [7, 11) is 1.83. The van der Waals surface area contributed by atoms with Gasteiger partial charge >= 0.3 is 0 Å². The monoisotopic (exact) mass is 248 g/mol. The van der Waals surface area contributed by atoms with E-state index < -0.39 is 0 Å². The van der Waals surface area contributed by atoms with E-state index in [2.05, 4.69) is 31.4 Å². The highest BCUT2D eigenvalue weighted by Crippen LogP contribution is 2.19. The Hall–Kier alpha value is -1.51. The van der Waals surface area contributed by atoms with Gasteiger partial charge in [-0.3, -0.25) is 4.79 Å². The van der Waals surface area contributed by atoms with Crippen molar-refractivity contribution in [3.63, 3.8) is 0 Å². The smallest absolute Gasteiger partial charge is 0.253 e. The van der Waals surface area contributed by atoms with Gasteiger partial charge in [0.25, 0.3) is 5.91 Å². The van der Waals surface area contributed by atoms with Gasteiger partial charge in [-0.05, 0) is 30.9 Å². The molecule has 0 aromatic heterocycles. The van der Waals surface area contributed by atoms with Gasteiger partial charge in [-0.1, -0.05) is 32.4 Å². The van der Waals surface area contributed by atoms with Gasteiger partial charge in [-0.2, -0.15) is 0 Å². The number of benzene rings is 1. The summed E-state index contributed by atoms with van der Waals surface area (Å²) in [6, 6.07) is 5.85. The van der Waals surface area contributed by atoms with E-state index in [9.17, 15) is 4.79 Å². The number of rotatable bonds is 4. The van der Waals surface area contributed by atoms with Crippen molar-refractivity contribution in [1.82, 2.24) is 5.32 Å². The Morgan fingerprint density at radius 3 is 2.50 bits per heavy atom. The molecule has 1 aromatic carbocycles. The number of hydrogen-bond acceptors (Lipinski definition) is 2. The highest BCUT2D eigenvalue weighted by molar-refractivity contribution is 5.99. The highest BCUT2D eigenvalue weighted by Gasteiger charge is 2.13. The summed E-state index contributed by atoms with van der Waals surface area (Å²) in [5, 5.41) is 6.03. The Morgan fingerprint density at radius 1 is 1.28 bits per heavy atom. The van der Waals surface area contributed by atoms with Crippen molar-refractivity contribution >= 4 is 11.6 Å². The molecule has 0 saturated heterocycles. The highest BCUT2D eigenvalue weighted by atomic mass is 16.1. The SMILES string of the molecule is CNc1ccc(C)cc1C(=O)NCCC(C)(C)C. The second-order valence-corrected chi connectivity index (χ2v) is 5.87. The van der Waals surface area contributed by atoms with Crippen LogP contribution in [0, 0.1) is 12.3 Å². The fraction of sp³-hybridized carbons (Fsp3) is 0.533. The Kier molecular flexibility index (Phi) is 4.76. The van der Waals surface area contributed by atoms with Crippen LogP contribution >= 0.6 is 0 Å². The van der Waals surface area contributed by atoms with E-state index in [4.69, 9.17) is 0 Å². The van der Waals surface area contributed by atoms with Gasteiger partial charge in [0.1, 0.15) is 0 Å². The molecule has 18 heavy (non-hydrogen) atoms. The molecule has 2 N–H and O–H groups in total. The van der Waals surface area contributed by atoms with Gasteiger partial charge in [0.05, 0.1) is 5.56 Å². The normalized spacial score (nSPS) is 11.2. The van der Waals surface area contributed by atoms with Crippen molar-refractivity contribution in [1.29, 1.82) is 0 Å². The quantitative estimate of drug-likeness (QED) is 0.859. The van der Waals surface area contributed by atoms with Crippen molar-refractivity contribution in [2.45, 2.75) is 34.1 Å². The van der Waals surface area contributed by atoms with E-state index in [0.29, 0.717) is 12.1 Å². The zero-order valence-electron chi connectivity index (χ0n) is 12.1. The molecular weight excluding hydrogens is 224 g/mol. The molecule has 0 fully saturated rings. The van der Waals surface area contributed by atoms with Gasteiger partial charge in [-0.25, -0.2) is 0 Å². The maximum Gasteiger partial charge on any atom is 0.253 e. The lowest BCUT2D eigenvalue weighted by Gasteiger charge is -2.18. The minimum atomic E-state index is -0.00713.